The zero-order valence-corrected chi connectivity index (χ0v) is 12.7. The van der Waals surface area contributed by atoms with E-state index < -0.39 is 0 Å². The van der Waals surface area contributed by atoms with Crippen molar-refractivity contribution in [2.24, 2.45) is 0 Å². The number of hydrogen-bond acceptors (Lipinski definition) is 3. The van der Waals surface area contributed by atoms with Gasteiger partial charge in [0.15, 0.2) is 0 Å². The smallest absolute Gasteiger partial charge is 0.0731 e. The SMILES string of the molecule is COCCn1cc(NC(C)c2ccc(C)c(C)c2)cn1. The van der Waals surface area contributed by atoms with Crippen molar-refractivity contribution >= 4 is 5.69 Å². The lowest BCUT2D eigenvalue weighted by Gasteiger charge is -2.15. The Morgan fingerprint density at radius 1 is 1.30 bits per heavy atom. The number of methoxy groups -OCH3 is 1. The normalized spacial score (nSPS) is 12.4. The molecule has 1 aromatic heterocycles. The molecule has 0 amide bonds. The quantitative estimate of drug-likeness (QED) is 0.877. The first-order valence-corrected chi connectivity index (χ1v) is 6.95. The van der Waals surface area contributed by atoms with Gasteiger partial charge in [0.2, 0.25) is 0 Å². The monoisotopic (exact) mass is 273 g/mol. The molecule has 1 unspecified atom stereocenters. The molecule has 0 aliphatic rings. The Balaban J connectivity index is 2.01. The van der Waals surface area contributed by atoms with Gasteiger partial charge in [-0.25, -0.2) is 0 Å². The zero-order chi connectivity index (χ0) is 14.5. The topological polar surface area (TPSA) is 39.1 Å². The number of hydrogen-bond donors (Lipinski definition) is 1. The summed E-state index contributed by atoms with van der Waals surface area (Å²) in [5.74, 6) is 0. The Bertz CT molecular complexity index is 563. The van der Waals surface area contributed by atoms with Crippen LogP contribution < -0.4 is 5.32 Å². The van der Waals surface area contributed by atoms with Crippen molar-refractivity contribution in [3.8, 4) is 0 Å². The van der Waals surface area contributed by atoms with E-state index in [1.165, 1.54) is 16.7 Å². The van der Waals surface area contributed by atoms with Gasteiger partial charge in [0.1, 0.15) is 0 Å². The molecule has 0 saturated heterocycles. The first-order valence-electron chi connectivity index (χ1n) is 6.95. The summed E-state index contributed by atoms with van der Waals surface area (Å²) >= 11 is 0. The number of nitrogens with zero attached hydrogens (tertiary/aromatic N) is 2. The van der Waals surface area contributed by atoms with E-state index in [0.29, 0.717) is 6.61 Å². The maximum absolute atomic E-state index is 5.05. The van der Waals surface area contributed by atoms with Crippen LogP contribution in [-0.4, -0.2) is 23.5 Å². The molecular weight excluding hydrogens is 250 g/mol. The van der Waals surface area contributed by atoms with Gasteiger partial charge in [-0.2, -0.15) is 5.10 Å². The summed E-state index contributed by atoms with van der Waals surface area (Å²) in [6.45, 7) is 7.89. The molecule has 0 saturated carbocycles. The van der Waals surface area contributed by atoms with Gasteiger partial charge in [-0.3, -0.25) is 4.68 Å². The molecule has 0 fully saturated rings. The standard InChI is InChI=1S/C16H23N3O/c1-12-5-6-15(9-13(12)2)14(3)18-16-10-17-19(11-16)7-8-20-4/h5-6,9-11,14,18H,7-8H2,1-4H3. The lowest BCUT2D eigenvalue weighted by molar-refractivity contribution is 0.183. The number of aromatic nitrogens is 2. The van der Waals surface area contributed by atoms with Gasteiger partial charge in [-0.05, 0) is 37.5 Å². The van der Waals surface area contributed by atoms with Crippen LogP contribution in [0.25, 0.3) is 0 Å². The molecule has 108 valence electrons. The van der Waals surface area contributed by atoms with Gasteiger partial charge >= 0.3 is 0 Å². The second kappa shape index (κ2) is 6.57. The summed E-state index contributed by atoms with van der Waals surface area (Å²) in [6, 6.07) is 6.84. The van der Waals surface area contributed by atoms with Gasteiger partial charge < -0.3 is 10.1 Å². The molecule has 0 aliphatic carbocycles. The van der Waals surface area contributed by atoms with Crippen LogP contribution in [-0.2, 0) is 11.3 Å². The van der Waals surface area contributed by atoms with E-state index in [1.807, 2.05) is 17.1 Å². The fourth-order valence-corrected chi connectivity index (χ4v) is 2.11. The van der Waals surface area contributed by atoms with Crippen molar-refractivity contribution in [1.82, 2.24) is 9.78 Å². The molecule has 0 radical (unpaired) electrons. The summed E-state index contributed by atoms with van der Waals surface area (Å²) in [4.78, 5) is 0. The number of benzene rings is 1. The second-order valence-electron chi connectivity index (χ2n) is 5.19. The highest BCUT2D eigenvalue weighted by Crippen LogP contribution is 2.21. The molecule has 4 nitrogen and oxygen atoms in total. The molecule has 0 spiro atoms. The van der Waals surface area contributed by atoms with E-state index in [0.717, 1.165) is 12.2 Å². The fraction of sp³-hybridized carbons (Fsp3) is 0.438. The average Bonchev–Trinajstić information content (AvgIpc) is 2.87. The van der Waals surface area contributed by atoms with Crippen LogP contribution >= 0.6 is 0 Å². The van der Waals surface area contributed by atoms with Crippen molar-refractivity contribution in [3.63, 3.8) is 0 Å². The number of ether oxygens (including phenoxy) is 1. The predicted octanol–water partition coefficient (Wildman–Crippen LogP) is 3.32. The second-order valence-corrected chi connectivity index (χ2v) is 5.19. The number of rotatable bonds is 6. The fourth-order valence-electron chi connectivity index (χ4n) is 2.11. The molecular formula is C16H23N3O. The summed E-state index contributed by atoms with van der Waals surface area (Å²) < 4.78 is 6.94. The highest BCUT2D eigenvalue weighted by atomic mass is 16.5. The van der Waals surface area contributed by atoms with E-state index in [4.69, 9.17) is 4.74 Å². The van der Waals surface area contributed by atoms with E-state index >= 15 is 0 Å². The van der Waals surface area contributed by atoms with E-state index in [-0.39, 0.29) is 6.04 Å². The molecule has 2 aromatic rings. The Morgan fingerprint density at radius 2 is 2.10 bits per heavy atom. The lowest BCUT2D eigenvalue weighted by atomic mass is 10.0. The lowest BCUT2D eigenvalue weighted by Crippen LogP contribution is -2.07. The number of nitrogens with one attached hydrogen (secondary N) is 1. The van der Waals surface area contributed by atoms with Gasteiger partial charge in [0, 0.05) is 19.3 Å². The molecule has 0 aliphatic heterocycles. The van der Waals surface area contributed by atoms with Gasteiger partial charge in [-0.15, -0.1) is 0 Å². The molecule has 1 N–H and O–H groups in total. The highest BCUT2D eigenvalue weighted by molar-refractivity contribution is 5.42. The number of aryl methyl sites for hydroxylation is 2. The van der Waals surface area contributed by atoms with Gasteiger partial charge in [-0.1, -0.05) is 18.2 Å². The predicted molar refractivity (Wildman–Crippen MR) is 82.1 cm³/mol. The largest absolute Gasteiger partial charge is 0.383 e. The van der Waals surface area contributed by atoms with E-state index in [9.17, 15) is 0 Å². The minimum atomic E-state index is 0.259. The summed E-state index contributed by atoms with van der Waals surface area (Å²) in [7, 11) is 1.70. The van der Waals surface area contributed by atoms with Crippen LogP contribution in [0.1, 0.15) is 29.7 Å². The summed E-state index contributed by atoms with van der Waals surface area (Å²) in [5, 5.41) is 7.78. The number of anilines is 1. The zero-order valence-electron chi connectivity index (χ0n) is 12.7. The first-order chi connectivity index (χ1) is 9.60. The maximum atomic E-state index is 5.05. The third-order valence-electron chi connectivity index (χ3n) is 3.57. The highest BCUT2D eigenvalue weighted by Gasteiger charge is 2.07. The third-order valence-corrected chi connectivity index (χ3v) is 3.57. The van der Waals surface area contributed by atoms with E-state index in [1.54, 1.807) is 7.11 Å². The Labute approximate surface area is 120 Å². The minimum Gasteiger partial charge on any atom is -0.383 e. The summed E-state index contributed by atoms with van der Waals surface area (Å²) in [5.41, 5.74) is 4.98. The average molecular weight is 273 g/mol. The van der Waals surface area contributed by atoms with Crippen molar-refractivity contribution in [3.05, 3.63) is 47.3 Å². The maximum Gasteiger partial charge on any atom is 0.0731 e. The van der Waals surface area contributed by atoms with Crippen LogP contribution in [0.4, 0.5) is 5.69 Å². The van der Waals surface area contributed by atoms with Crippen LogP contribution in [0.15, 0.2) is 30.6 Å². The Morgan fingerprint density at radius 3 is 2.80 bits per heavy atom. The van der Waals surface area contributed by atoms with E-state index in [2.05, 4.69) is 49.4 Å². The van der Waals surface area contributed by atoms with Crippen molar-refractivity contribution in [2.45, 2.75) is 33.4 Å². The molecule has 0 bridgehead atoms. The third kappa shape index (κ3) is 3.61. The Hall–Kier alpha value is -1.81. The Kier molecular flexibility index (Phi) is 4.79. The molecule has 2 rings (SSSR count). The molecule has 1 aromatic carbocycles. The van der Waals surface area contributed by atoms with Crippen LogP contribution in [0.5, 0.6) is 0 Å². The van der Waals surface area contributed by atoms with Crippen molar-refractivity contribution < 1.29 is 4.74 Å². The molecule has 4 heteroatoms. The van der Waals surface area contributed by atoms with Crippen LogP contribution in [0.3, 0.4) is 0 Å². The van der Waals surface area contributed by atoms with Crippen molar-refractivity contribution in [1.29, 1.82) is 0 Å². The van der Waals surface area contributed by atoms with Crippen LogP contribution in [0.2, 0.25) is 0 Å². The van der Waals surface area contributed by atoms with Crippen LogP contribution in [0, 0.1) is 13.8 Å². The van der Waals surface area contributed by atoms with Gasteiger partial charge in [0.05, 0.1) is 25.0 Å². The van der Waals surface area contributed by atoms with Gasteiger partial charge in [0.25, 0.3) is 0 Å². The molecule has 20 heavy (non-hydrogen) atoms. The van der Waals surface area contributed by atoms with Crippen molar-refractivity contribution in [2.75, 3.05) is 19.0 Å². The summed E-state index contributed by atoms with van der Waals surface area (Å²) in [6.07, 6.45) is 3.86. The minimum absolute atomic E-state index is 0.259. The molecule has 1 atom stereocenters. The first kappa shape index (κ1) is 14.6. The molecule has 1 heterocycles.